The normalized spacial score (nSPS) is 10.8. The highest BCUT2D eigenvalue weighted by Crippen LogP contribution is 2.34. The number of hydrogen-bond acceptors (Lipinski definition) is 3. The van der Waals surface area contributed by atoms with Crippen LogP contribution < -0.4 is 0 Å². The van der Waals surface area contributed by atoms with Crippen molar-refractivity contribution in [2.75, 3.05) is 6.61 Å². The SMILES string of the molecule is CCOC(=O)c1ccc2nc(C)c(C)c(-c3ccccc3F)c2c1. The van der Waals surface area contributed by atoms with Gasteiger partial charge in [0.15, 0.2) is 0 Å². The van der Waals surface area contributed by atoms with Crippen LogP contribution >= 0.6 is 0 Å². The molecule has 0 spiro atoms. The van der Waals surface area contributed by atoms with Crippen molar-refractivity contribution in [3.05, 3.63) is 65.1 Å². The van der Waals surface area contributed by atoms with Gasteiger partial charge in [-0.3, -0.25) is 4.98 Å². The number of ether oxygens (including phenoxy) is 1. The minimum atomic E-state index is -0.392. The molecule has 24 heavy (non-hydrogen) atoms. The Morgan fingerprint density at radius 3 is 2.62 bits per heavy atom. The predicted octanol–water partition coefficient (Wildman–Crippen LogP) is 4.83. The van der Waals surface area contributed by atoms with Crippen molar-refractivity contribution in [2.45, 2.75) is 20.8 Å². The fourth-order valence-electron chi connectivity index (χ4n) is 2.83. The topological polar surface area (TPSA) is 39.2 Å². The van der Waals surface area contributed by atoms with Gasteiger partial charge in [0.2, 0.25) is 0 Å². The molecule has 122 valence electrons. The minimum Gasteiger partial charge on any atom is -0.462 e. The molecule has 0 aliphatic heterocycles. The van der Waals surface area contributed by atoms with Gasteiger partial charge < -0.3 is 4.74 Å². The summed E-state index contributed by atoms with van der Waals surface area (Å²) >= 11 is 0. The summed E-state index contributed by atoms with van der Waals surface area (Å²) in [6.45, 7) is 5.89. The van der Waals surface area contributed by atoms with E-state index >= 15 is 0 Å². The van der Waals surface area contributed by atoms with Crippen LogP contribution in [0, 0.1) is 19.7 Å². The summed E-state index contributed by atoms with van der Waals surface area (Å²) in [6, 6.07) is 11.8. The Morgan fingerprint density at radius 1 is 1.17 bits per heavy atom. The third-order valence-corrected chi connectivity index (χ3v) is 4.13. The molecule has 0 saturated heterocycles. The van der Waals surface area contributed by atoms with Crippen LogP contribution in [-0.2, 0) is 4.74 Å². The first kappa shape index (κ1) is 16.1. The summed E-state index contributed by atoms with van der Waals surface area (Å²) in [6.07, 6.45) is 0. The van der Waals surface area contributed by atoms with Crippen LogP contribution in [0.1, 0.15) is 28.5 Å². The van der Waals surface area contributed by atoms with Crippen LogP contribution in [0.4, 0.5) is 4.39 Å². The average Bonchev–Trinajstić information content (AvgIpc) is 2.57. The molecule has 0 fully saturated rings. The highest BCUT2D eigenvalue weighted by Gasteiger charge is 2.16. The molecule has 1 heterocycles. The second kappa shape index (κ2) is 6.40. The number of carbonyl (C=O) groups excluding carboxylic acids is 1. The molecule has 0 unspecified atom stereocenters. The lowest BCUT2D eigenvalue weighted by molar-refractivity contribution is 0.0526. The molecule has 3 nitrogen and oxygen atoms in total. The van der Waals surface area contributed by atoms with Crippen LogP contribution in [0.25, 0.3) is 22.0 Å². The molecule has 0 aliphatic rings. The van der Waals surface area contributed by atoms with E-state index in [2.05, 4.69) is 4.98 Å². The largest absolute Gasteiger partial charge is 0.462 e. The summed E-state index contributed by atoms with van der Waals surface area (Å²) in [5.41, 5.74) is 4.17. The molecule has 3 aromatic rings. The monoisotopic (exact) mass is 323 g/mol. The third kappa shape index (κ3) is 2.75. The number of aromatic nitrogens is 1. The number of nitrogens with zero attached hydrogens (tertiary/aromatic N) is 1. The van der Waals surface area contributed by atoms with Gasteiger partial charge in [-0.25, -0.2) is 9.18 Å². The standard InChI is InChI=1S/C20H18FNO2/c1-4-24-20(23)14-9-10-18-16(11-14)19(12(2)13(3)22-18)15-7-5-6-8-17(15)21/h5-11H,4H2,1-3H3. The second-order valence-corrected chi connectivity index (χ2v) is 5.63. The smallest absolute Gasteiger partial charge is 0.338 e. The molecule has 0 saturated carbocycles. The van der Waals surface area contributed by atoms with Crippen LogP contribution in [0.3, 0.4) is 0 Å². The highest BCUT2D eigenvalue weighted by atomic mass is 19.1. The van der Waals surface area contributed by atoms with Crippen molar-refractivity contribution in [3.63, 3.8) is 0 Å². The first-order chi connectivity index (χ1) is 11.5. The van der Waals surface area contributed by atoms with Crippen molar-refractivity contribution in [3.8, 4) is 11.1 Å². The first-order valence-corrected chi connectivity index (χ1v) is 7.86. The fraction of sp³-hybridized carbons (Fsp3) is 0.200. The van der Waals surface area contributed by atoms with Gasteiger partial charge in [0, 0.05) is 16.6 Å². The Kier molecular flexibility index (Phi) is 4.30. The van der Waals surface area contributed by atoms with E-state index in [9.17, 15) is 9.18 Å². The maximum atomic E-state index is 14.4. The van der Waals surface area contributed by atoms with Gasteiger partial charge in [-0.2, -0.15) is 0 Å². The Morgan fingerprint density at radius 2 is 1.92 bits per heavy atom. The van der Waals surface area contributed by atoms with E-state index < -0.39 is 5.97 Å². The zero-order chi connectivity index (χ0) is 17.3. The van der Waals surface area contributed by atoms with Crippen LogP contribution in [0.15, 0.2) is 42.5 Å². The second-order valence-electron chi connectivity index (χ2n) is 5.63. The molecule has 0 aliphatic carbocycles. The Labute approximate surface area is 140 Å². The Bertz CT molecular complexity index is 934. The predicted molar refractivity (Wildman–Crippen MR) is 92.6 cm³/mol. The summed E-state index contributed by atoms with van der Waals surface area (Å²) < 4.78 is 19.4. The number of carbonyl (C=O) groups is 1. The number of rotatable bonds is 3. The number of benzene rings is 2. The van der Waals surface area contributed by atoms with Gasteiger partial charge in [-0.1, -0.05) is 18.2 Å². The quantitative estimate of drug-likeness (QED) is 0.648. The van der Waals surface area contributed by atoms with Gasteiger partial charge in [-0.15, -0.1) is 0 Å². The van der Waals surface area contributed by atoms with Crippen molar-refractivity contribution >= 4 is 16.9 Å². The number of fused-ring (bicyclic) bond motifs is 1. The van der Waals surface area contributed by atoms with E-state index in [1.54, 1.807) is 43.3 Å². The number of aryl methyl sites for hydroxylation is 1. The Balaban J connectivity index is 2.33. The van der Waals surface area contributed by atoms with Crippen molar-refractivity contribution in [2.24, 2.45) is 0 Å². The van der Waals surface area contributed by atoms with Gasteiger partial charge >= 0.3 is 5.97 Å². The van der Waals surface area contributed by atoms with Crippen molar-refractivity contribution < 1.29 is 13.9 Å². The maximum absolute atomic E-state index is 14.4. The van der Waals surface area contributed by atoms with E-state index in [4.69, 9.17) is 4.74 Å². The summed E-state index contributed by atoms with van der Waals surface area (Å²) in [5.74, 6) is -0.689. The first-order valence-electron chi connectivity index (χ1n) is 7.86. The van der Waals surface area contributed by atoms with E-state index in [0.717, 1.165) is 27.7 Å². The molecule has 3 rings (SSSR count). The lowest BCUT2D eigenvalue weighted by Crippen LogP contribution is -2.05. The fourth-order valence-corrected chi connectivity index (χ4v) is 2.83. The number of halogens is 1. The van der Waals surface area contributed by atoms with Crippen LogP contribution in [0.5, 0.6) is 0 Å². The molecular formula is C20H18FNO2. The summed E-state index contributed by atoms with van der Waals surface area (Å²) in [5, 5.41) is 0.744. The minimum absolute atomic E-state index is 0.297. The number of esters is 1. The molecule has 0 radical (unpaired) electrons. The maximum Gasteiger partial charge on any atom is 0.338 e. The van der Waals surface area contributed by atoms with E-state index in [0.29, 0.717) is 17.7 Å². The molecule has 0 N–H and O–H groups in total. The zero-order valence-electron chi connectivity index (χ0n) is 13.9. The van der Waals surface area contributed by atoms with E-state index in [-0.39, 0.29) is 5.82 Å². The summed E-state index contributed by atoms with van der Waals surface area (Å²) in [7, 11) is 0. The van der Waals surface area contributed by atoms with Gasteiger partial charge in [0.05, 0.1) is 17.7 Å². The lowest BCUT2D eigenvalue weighted by atomic mass is 9.94. The zero-order valence-corrected chi connectivity index (χ0v) is 13.9. The lowest BCUT2D eigenvalue weighted by Gasteiger charge is -2.14. The van der Waals surface area contributed by atoms with Gasteiger partial charge in [0.25, 0.3) is 0 Å². The molecule has 1 aromatic heterocycles. The van der Waals surface area contributed by atoms with Crippen LogP contribution in [0.2, 0.25) is 0 Å². The average molecular weight is 323 g/mol. The molecule has 2 aromatic carbocycles. The van der Waals surface area contributed by atoms with E-state index in [1.807, 2.05) is 13.8 Å². The highest BCUT2D eigenvalue weighted by molar-refractivity contribution is 6.01. The summed E-state index contributed by atoms with van der Waals surface area (Å²) in [4.78, 5) is 16.6. The molecule has 4 heteroatoms. The van der Waals surface area contributed by atoms with Crippen molar-refractivity contribution in [1.82, 2.24) is 4.98 Å². The Hall–Kier alpha value is -2.75. The van der Waals surface area contributed by atoms with E-state index in [1.165, 1.54) is 6.07 Å². The number of hydrogen-bond donors (Lipinski definition) is 0. The molecule has 0 bridgehead atoms. The van der Waals surface area contributed by atoms with Gasteiger partial charge in [0.1, 0.15) is 5.82 Å². The third-order valence-electron chi connectivity index (χ3n) is 4.13. The molecule has 0 amide bonds. The van der Waals surface area contributed by atoms with Crippen LogP contribution in [-0.4, -0.2) is 17.6 Å². The van der Waals surface area contributed by atoms with Crippen molar-refractivity contribution in [1.29, 1.82) is 0 Å². The number of pyridine rings is 1. The van der Waals surface area contributed by atoms with Gasteiger partial charge in [-0.05, 0) is 56.2 Å². The molecule has 0 atom stereocenters. The molecular weight excluding hydrogens is 305 g/mol.